The molecule has 136 valence electrons. The van der Waals surface area contributed by atoms with Gasteiger partial charge in [-0.25, -0.2) is 4.79 Å². The van der Waals surface area contributed by atoms with Gasteiger partial charge in [0.15, 0.2) is 6.10 Å². The number of hydrogen-bond acceptors (Lipinski definition) is 5. The molecule has 24 heavy (non-hydrogen) atoms. The lowest BCUT2D eigenvalue weighted by Crippen LogP contribution is -2.61. The highest BCUT2D eigenvalue weighted by molar-refractivity contribution is 5.88. The number of carbonyl (C=O) groups excluding carboxylic acids is 2. The van der Waals surface area contributed by atoms with Crippen LogP contribution in [-0.4, -0.2) is 59.1 Å². The van der Waals surface area contributed by atoms with Gasteiger partial charge < -0.3 is 25.8 Å². The Labute approximate surface area is 142 Å². The van der Waals surface area contributed by atoms with Crippen molar-refractivity contribution in [2.75, 3.05) is 13.1 Å². The molecule has 0 aromatic carbocycles. The number of hydrogen-bond donors (Lipinski definition) is 3. The Bertz CT molecular complexity index is 500. The molecule has 0 bridgehead atoms. The first kappa shape index (κ1) is 20.0. The summed E-state index contributed by atoms with van der Waals surface area (Å²) in [5.41, 5.74) is 5.98. The molecule has 0 aromatic heterocycles. The van der Waals surface area contributed by atoms with Gasteiger partial charge in [-0.3, -0.25) is 9.59 Å². The Morgan fingerprint density at radius 3 is 2.29 bits per heavy atom. The van der Waals surface area contributed by atoms with Gasteiger partial charge >= 0.3 is 5.97 Å². The van der Waals surface area contributed by atoms with Crippen LogP contribution in [0.5, 0.6) is 0 Å². The molecule has 8 heteroatoms. The summed E-state index contributed by atoms with van der Waals surface area (Å²) >= 11 is 0. The molecule has 8 nitrogen and oxygen atoms in total. The summed E-state index contributed by atoms with van der Waals surface area (Å²) in [7, 11) is 0. The van der Waals surface area contributed by atoms with Crippen molar-refractivity contribution in [2.45, 2.75) is 58.2 Å². The fourth-order valence-corrected chi connectivity index (χ4v) is 2.57. The van der Waals surface area contributed by atoms with Crippen LogP contribution >= 0.6 is 0 Å². The molecule has 0 spiro atoms. The highest BCUT2D eigenvalue weighted by Crippen LogP contribution is 2.20. The smallest absolute Gasteiger partial charge is 0.370 e. The van der Waals surface area contributed by atoms with Crippen LogP contribution in [0.25, 0.3) is 0 Å². The predicted molar refractivity (Wildman–Crippen MR) is 88.0 cm³/mol. The van der Waals surface area contributed by atoms with Crippen molar-refractivity contribution in [3.63, 3.8) is 0 Å². The third kappa shape index (κ3) is 4.95. The van der Waals surface area contributed by atoms with Crippen molar-refractivity contribution < 1.29 is 24.2 Å². The number of nitrogens with one attached hydrogen (secondary N) is 1. The van der Waals surface area contributed by atoms with E-state index in [9.17, 15) is 14.4 Å². The largest absolute Gasteiger partial charge is 0.475 e. The highest BCUT2D eigenvalue weighted by Gasteiger charge is 2.42. The van der Waals surface area contributed by atoms with Crippen LogP contribution < -0.4 is 11.1 Å². The average molecular weight is 341 g/mol. The van der Waals surface area contributed by atoms with Crippen LogP contribution in [0.1, 0.15) is 40.0 Å². The molecule has 4 N–H and O–H groups in total. The van der Waals surface area contributed by atoms with E-state index in [2.05, 4.69) is 5.32 Å². The molecule has 1 aliphatic rings. The predicted octanol–water partition coefficient (Wildman–Crippen LogP) is 0.224. The lowest BCUT2D eigenvalue weighted by atomic mass is 9.97. The number of nitrogens with two attached hydrogens (primary N) is 1. The lowest BCUT2D eigenvalue weighted by Gasteiger charge is -2.37. The van der Waals surface area contributed by atoms with E-state index < -0.39 is 24.2 Å². The molecule has 0 saturated carbocycles. The minimum atomic E-state index is -1.29. The summed E-state index contributed by atoms with van der Waals surface area (Å²) in [6.45, 7) is 6.63. The molecular formula is C16H27N3O5. The van der Waals surface area contributed by atoms with E-state index >= 15 is 0 Å². The fraction of sp³-hybridized carbons (Fsp3) is 0.688. The summed E-state index contributed by atoms with van der Waals surface area (Å²) in [6.07, 6.45) is 1.82. The van der Waals surface area contributed by atoms with Crippen molar-refractivity contribution in [3.05, 3.63) is 11.8 Å². The molecule has 0 fully saturated rings. The van der Waals surface area contributed by atoms with Gasteiger partial charge in [-0.15, -0.1) is 0 Å². The minimum Gasteiger partial charge on any atom is -0.475 e. The Morgan fingerprint density at radius 2 is 1.83 bits per heavy atom. The number of nitrogens with zero attached hydrogens (tertiary/aromatic N) is 1. The van der Waals surface area contributed by atoms with Crippen LogP contribution in [0.4, 0.5) is 0 Å². The van der Waals surface area contributed by atoms with Crippen LogP contribution in [0, 0.1) is 0 Å². The lowest BCUT2D eigenvalue weighted by molar-refractivity contribution is -0.149. The summed E-state index contributed by atoms with van der Waals surface area (Å²) in [4.78, 5) is 37.4. The molecule has 0 saturated heterocycles. The number of carbonyl (C=O) groups is 3. The van der Waals surface area contributed by atoms with E-state index in [0.29, 0.717) is 13.1 Å². The summed E-state index contributed by atoms with van der Waals surface area (Å²) < 4.78 is 5.39. The standard InChI is InChI=1S/C16H27N3O5/c1-4-7-19(8-5-2)15(21)14-13(18-12(20)6-3)10(17)9-11(24-14)16(22)23/h9-10,13-14H,4-8,17H2,1-3H3,(H,18,20)(H,22,23)/t10-,13+,14+/m0/s1. The van der Waals surface area contributed by atoms with Gasteiger partial charge in [0.25, 0.3) is 5.91 Å². The van der Waals surface area contributed by atoms with E-state index in [-0.39, 0.29) is 24.0 Å². The first-order chi connectivity index (χ1) is 11.3. The molecule has 2 amide bonds. The molecule has 1 heterocycles. The number of carboxylic acids is 1. The molecule has 3 atom stereocenters. The van der Waals surface area contributed by atoms with E-state index in [1.807, 2.05) is 13.8 Å². The minimum absolute atomic E-state index is 0.229. The van der Waals surface area contributed by atoms with E-state index in [1.165, 1.54) is 6.08 Å². The zero-order valence-corrected chi connectivity index (χ0v) is 14.4. The summed E-state index contributed by atoms with van der Waals surface area (Å²) in [5.74, 6) is -2.29. The zero-order valence-electron chi connectivity index (χ0n) is 14.4. The van der Waals surface area contributed by atoms with Crippen LogP contribution in [0.3, 0.4) is 0 Å². The van der Waals surface area contributed by atoms with E-state index in [1.54, 1.807) is 11.8 Å². The highest BCUT2D eigenvalue weighted by atomic mass is 16.5. The van der Waals surface area contributed by atoms with Gasteiger partial charge in [0.05, 0.1) is 12.1 Å². The van der Waals surface area contributed by atoms with Gasteiger partial charge in [-0.05, 0) is 18.9 Å². The Hall–Kier alpha value is -2.09. The molecule has 0 aromatic rings. The topological polar surface area (TPSA) is 122 Å². The van der Waals surface area contributed by atoms with Crippen LogP contribution in [0.15, 0.2) is 11.8 Å². The maximum Gasteiger partial charge on any atom is 0.370 e. The van der Waals surface area contributed by atoms with Gasteiger partial charge in [-0.2, -0.15) is 0 Å². The van der Waals surface area contributed by atoms with Crippen molar-refractivity contribution in [1.29, 1.82) is 0 Å². The van der Waals surface area contributed by atoms with Gasteiger partial charge in [0.2, 0.25) is 11.7 Å². The third-order valence-corrected chi connectivity index (χ3v) is 3.74. The third-order valence-electron chi connectivity index (χ3n) is 3.74. The Balaban J connectivity index is 3.10. The van der Waals surface area contributed by atoms with Gasteiger partial charge in [0.1, 0.15) is 0 Å². The Morgan fingerprint density at radius 1 is 1.25 bits per heavy atom. The molecular weight excluding hydrogens is 314 g/mol. The van der Waals surface area contributed by atoms with Crippen molar-refractivity contribution in [3.8, 4) is 0 Å². The summed E-state index contributed by atoms with van der Waals surface area (Å²) in [5, 5.41) is 11.8. The fourth-order valence-electron chi connectivity index (χ4n) is 2.57. The second-order valence-corrected chi connectivity index (χ2v) is 5.72. The van der Waals surface area contributed by atoms with Gasteiger partial charge in [0, 0.05) is 19.5 Å². The average Bonchev–Trinajstić information content (AvgIpc) is 2.55. The van der Waals surface area contributed by atoms with Crippen molar-refractivity contribution >= 4 is 17.8 Å². The zero-order chi connectivity index (χ0) is 18.3. The van der Waals surface area contributed by atoms with Crippen LogP contribution in [-0.2, 0) is 19.1 Å². The normalized spacial score (nSPS) is 23.0. The van der Waals surface area contributed by atoms with Crippen molar-refractivity contribution in [2.24, 2.45) is 5.73 Å². The second kappa shape index (κ2) is 9.27. The van der Waals surface area contributed by atoms with Crippen molar-refractivity contribution in [1.82, 2.24) is 10.2 Å². The number of amides is 2. The number of carboxylic acid groups (broad SMARTS) is 1. The number of rotatable bonds is 8. The molecule has 1 rings (SSSR count). The van der Waals surface area contributed by atoms with E-state index in [4.69, 9.17) is 15.6 Å². The first-order valence-electron chi connectivity index (χ1n) is 8.31. The molecule has 1 aliphatic heterocycles. The maximum atomic E-state index is 12.8. The number of ether oxygens (including phenoxy) is 1. The quantitative estimate of drug-likeness (QED) is 0.581. The molecule has 0 radical (unpaired) electrons. The second-order valence-electron chi connectivity index (χ2n) is 5.72. The monoisotopic (exact) mass is 341 g/mol. The molecule has 0 aliphatic carbocycles. The number of aliphatic carboxylic acids is 1. The SMILES string of the molecule is CCCN(CCC)C(=O)[C@@H]1OC(C(=O)O)=C[C@H](N)[C@H]1NC(=O)CC. The first-order valence-corrected chi connectivity index (χ1v) is 8.31. The van der Waals surface area contributed by atoms with Gasteiger partial charge in [-0.1, -0.05) is 20.8 Å². The van der Waals surface area contributed by atoms with E-state index in [0.717, 1.165) is 12.8 Å². The van der Waals surface area contributed by atoms with Crippen LogP contribution in [0.2, 0.25) is 0 Å². The summed E-state index contributed by atoms with van der Waals surface area (Å²) in [6, 6.07) is -1.62. The molecule has 0 unspecified atom stereocenters. The maximum absolute atomic E-state index is 12.8. The Kier molecular flexibility index (Phi) is 7.70.